The number of allylic oxidation sites excluding steroid dienone is 1. The van der Waals surface area contributed by atoms with E-state index in [1.807, 2.05) is 39.0 Å². The summed E-state index contributed by atoms with van der Waals surface area (Å²) in [4.78, 5) is 12.9. The van der Waals surface area contributed by atoms with Gasteiger partial charge in [-0.3, -0.25) is 4.79 Å². The molecular formula is C30H37NO5. The lowest BCUT2D eigenvalue weighted by Gasteiger charge is -2.17. The number of hydrogen-bond acceptors (Lipinski definition) is 5. The molecule has 0 bridgehead atoms. The first kappa shape index (κ1) is 25.7. The molecule has 1 heterocycles. The molecule has 192 valence electrons. The summed E-state index contributed by atoms with van der Waals surface area (Å²) in [6, 6.07) is 8.00. The van der Waals surface area contributed by atoms with Gasteiger partial charge in [-0.05, 0) is 63.5 Å². The topological polar surface area (TPSA) is 69.9 Å². The van der Waals surface area contributed by atoms with Crippen molar-refractivity contribution in [1.82, 2.24) is 5.32 Å². The summed E-state index contributed by atoms with van der Waals surface area (Å²) in [6.07, 6.45) is 10.4. The van der Waals surface area contributed by atoms with Crippen molar-refractivity contribution in [3.8, 4) is 28.4 Å². The molecule has 1 aliphatic rings. The third-order valence-electron chi connectivity index (χ3n) is 7.00. The van der Waals surface area contributed by atoms with Gasteiger partial charge in [0.25, 0.3) is 0 Å². The monoisotopic (exact) mass is 491 g/mol. The van der Waals surface area contributed by atoms with Crippen molar-refractivity contribution >= 4 is 22.4 Å². The Morgan fingerprint density at radius 1 is 1.08 bits per heavy atom. The van der Waals surface area contributed by atoms with Crippen LogP contribution in [0, 0.1) is 6.92 Å². The number of benzene rings is 2. The molecular weight excluding hydrogens is 454 g/mol. The van der Waals surface area contributed by atoms with E-state index >= 15 is 0 Å². The van der Waals surface area contributed by atoms with E-state index in [0.717, 1.165) is 68.9 Å². The van der Waals surface area contributed by atoms with Gasteiger partial charge in [-0.2, -0.15) is 0 Å². The summed E-state index contributed by atoms with van der Waals surface area (Å²) in [7, 11) is 3.29. The van der Waals surface area contributed by atoms with Crippen molar-refractivity contribution in [3.63, 3.8) is 0 Å². The maximum atomic E-state index is 12.9. The van der Waals surface area contributed by atoms with E-state index in [4.69, 9.17) is 18.6 Å². The summed E-state index contributed by atoms with van der Waals surface area (Å²) in [5.74, 6) is 2.14. The molecule has 1 saturated carbocycles. The Balaban J connectivity index is 1.77. The van der Waals surface area contributed by atoms with Crippen molar-refractivity contribution in [1.29, 1.82) is 0 Å². The highest BCUT2D eigenvalue weighted by Gasteiger charge is 2.21. The number of hydrogen-bond donors (Lipinski definition) is 1. The van der Waals surface area contributed by atoms with Crippen LogP contribution >= 0.6 is 0 Å². The number of nitrogens with one attached hydrogen (secondary N) is 1. The number of methoxy groups -OCH3 is 2. The van der Waals surface area contributed by atoms with Crippen molar-refractivity contribution in [2.75, 3.05) is 20.8 Å². The Kier molecular flexibility index (Phi) is 8.24. The zero-order valence-electron chi connectivity index (χ0n) is 22.0. The highest BCUT2D eigenvalue weighted by Crippen LogP contribution is 2.43. The highest BCUT2D eigenvalue weighted by atomic mass is 16.5. The van der Waals surface area contributed by atoms with Crippen LogP contribution in [0.1, 0.15) is 63.5 Å². The number of fused-ring (bicyclic) bond motifs is 1. The molecule has 0 saturated heterocycles. The normalized spacial score (nSPS) is 15.0. The molecule has 4 rings (SSSR count). The first-order valence-electron chi connectivity index (χ1n) is 12.9. The molecule has 1 N–H and O–H groups in total. The van der Waals surface area contributed by atoms with Gasteiger partial charge in [0.2, 0.25) is 5.91 Å². The Hall–Kier alpha value is -3.41. The summed E-state index contributed by atoms with van der Waals surface area (Å²) in [5.41, 5.74) is 5.13. The number of amides is 1. The van der Waals surface area contributed by atoms with Crippen LogP contribution in [0.15, 0.2) is 41.0 Å². The molecule has 36 heavy (non-hydrogen) atoms. The van der Waals surface area contributed by atoms with Gasteiger partial charge in [0.15, 0.2) is 0 Å². The average Bonchev–Trinajstić information content (AvgIpc) is 3.14. The Labute approximate surface area is 213 Å². The summed E-state index contributed by atoms with van der Waals surface area (Å²) >= 11 is 0. The summed E-state index contributed by atoms with van der Waals surface area (Å²) in [5, 5.41) is 4.14. The fraction of sp³-hybridized carbons (Fsp3) is 0.433. The minimum atomic E-state index is -0.0542. The number of aryl methyl sites for hydroxylation is 1. The second-order valence-corrected chi connectivity index (χ2v) is 9.43. The third-order valence-corrected chi connectivity index (χ3v) is 7.00. The SMILES string of the molecule is CCOc1c(/C(C)=C/C(=O)NC2CCCCCC2)cc2c(-c3cc(OC)ccc3OC)coc2c1C. The zero-order valence-corrected chi connectivity index (χ0v) is 22.0. The van der Waals surface area contributed by atoms with Gasteiger partial charge in [-0.25, -0.2) is 0 Å². The van der Waals surface area contributed by atoms with Gasteiger partial charge < -0.3 is 23.9 Å². The number of carbonyl (C=O) groups is 1. The summed E-state index contributed by atoms with van der Waals surface area (Å²) < 4.78 is 23.2. The second kappa shape index (κ2) is 11.5. The smallest absolute Gasteiger partial charge is 0.244 e. The average molecular weight is 492 g/mol. The lowest BCUT2D eigenvalue weighted by atomic mass is 9.96. The lowest BCUT2D eigenvalue weighted by Crippen LogP contribution is -2.33. The predicted molar refractivity (Wildman–Crippen MR) is 144 cm³/mol. The van der Waals surface area contributed by atoms with Crippen molar-refractivity contribution in [2.24, 2.45) is 0 Å². The molecule has 1 aromatic heterocycles. The second-order valence-electron chi connectivity index (χ2n) is 9.43. The van der Waals surface area contributed by atoms with Crippen LogP contribution < -0.4 is 19.5 Å². The fourth-order valence-electron chi connectivity index (χ4n) is 5.11. The van der Waals surface area contributed by atoms with Gasteiger partial charge in [-0.15, -0.1) is 0 Å². The van der Waals surface area contributed by atoms with Crippen LogP contribution in [-0.4, -0.2) is 32.8 Å². The van der Waals surface area contributed by atoms with E-state index < -0.39 is 0 Å². The molecule has 6 heteroatoms. The van der Waals surface area contributed by atoms with Gasteiger partial charge in [0.05, 0.1) is 27.1 Å². The van der Waals surface area contributed by atoms with E-state index in [0.29, 0.717) is 6.61 Å². The molecule has 1 aliphatic carbocycles. The van der Waals surface area contributed by atoms with Gasteiger partial charge in [0.1, 0.15) is 22.8 Å². The molecule has 3 aromatic rings. The third kappa shape index (κ3) is 5.38. The van der Waals surface area contributed by atoms with Crippen LogP contribution in [0.25, 0.3) is 27.7 Å². The van der Waals surface area contributed by atoms with Crippen LogP contribution in [0.4, 0.5) is 0 Å². The van der Waals surface area contributed by atoms with Crippen LogP contribution in [0.2, 0.25) is 0 Å². The molecule has 0 spiro atoms. The molecule has 0 aliphatic heterocycles. The number of ether oxygens (including phenoxy) is 3. The maximum absolute atomic E-state index is 12.9. The van der Waals surface area contributed by atoms with Gasteiger partial charge in [-0.1, -0.05) is 25.7 Å². The quantitative estimate of drug-likeness (QED) is 0.270. The standard InChI is InChI=1S/C30H37NO5/c1-6-35-29-20(3)30-25(26(18-36-30)24-16-22(33-4)13-14-27(24)34-5)17-23(29)19(2)15-28(32)31-21-11-9-7-8-10-12-21/h13-18,21H,6-12H2,1-5H3,(H,31,32)/b19-15+. The predicted octanol–water partition coefficient (Wildman–Crippen LogP) is 7.07. The fourth-order valence-corrected chi connectivity index (χ4v) is 5.11. The molecule has 0 unspecified atom stereocenters. The van der Waals surface area contributed by atoms with Crippen LogP contribution in [-0.2, 0) is 4.79 Å². The molecule has 1 amide bonds. The van der Waals surface area contributed by atoms with E-state index in [9.17, 15) is 4.79 Å². The number of carbonyl (C=O) groups excluding carboxylic acids is 1. The first-order valence-corrected chi connectivity index (χ1v) is 12.9. The van der Waals surface area contributed by atoms with E-state index in [-0.39, 0.29) is 11.9 Å². The minimum Gasteiger partial charge on any atom is -0.497 e. The highest BCUT2D eigenvalue weighted by molar-refractivity contribution is 6.02. The number of rotatable bonds is 8. The molecule has 0 radical (unpaired) electrons. The van der Waals surface area contributed by atoms with Crippen molar-refractivity contribution < 1.29 is 23.4 Å². The van der Waals surface area contributed by atoms with Crippen molar-refractivity contribution in [3.05, 3.63) is 47.7 Å². The molecule has 0 atom stereocenters. The van der Waals surface area contributed by atoms with Crippen molar-refractivity contribution in [2.45, 2.75) is 65.3 Å². The molecule has 6 nitrogen and oxygen atoms in total. The van der Waals surface area contributed by atoms with Gasteiger partial charge >= 0.3 is 0 Å². The Bertz CT molecular complexity index is 1250. The Morgan fingerprint density at radius 3 is 2.50 bits per heavy atom. The molecule has 1 fully saturated rings. The minimum absolute atomic E-state index is 0.0542. The zero-order chi connectivity index (χ0) is 25.7. The lowest BCUT2D eigenvalue weighted by molar-refractivity contribution is -0.117. The molecule has 2 aromatic carbocycles. The van der Waals surface area contributed by atoms with E-state index in [1.165, 1.54) is 25.7 Å². The number of furan rings is 1. The van der Waals surface area contributed by atoms with E-state index in [1.54, 1.807) is 26.6 Å². The Morgan fingerprint density at radius 2 is 1.83 bits per heavy atom. The van der Waals surface area contributed by atoms with Crippen LogP contribution in [0.5, 0.6) is 17.2 Å². The van der Waals surface area contributed by atoms with Crippen LogP contribution in [0.3, 0.4) is 0 Å². The van der Waals surface area contributed by atoms with Gasteiger partial charge in [0, 0.05) is 39.8 Å². The van der Waals surface area contributed by atoms with E-state index in [2.05, 4.69) is 11.4 Å². The maximum Gasteiger partial charge on any atom is 0.244 e. The first-order chi connectivity index (χ1) is 17.5. The largest absolute Gasteiger partial charge is 0.497 e. The summed E-state index contributed by atoms with van der Waals surface area (Å²) in [6.45, 7) is 6.42.